The Hall–Kier alpha value is -1.35. The van der Waals surface area contributed by atoms with Crippen molar-refractivity contribution in [3.8, 4) is 0 Å². The fourth-order valence-electron chi connectivity index (χ4n) is 3.74. The van der Waals surface area contributed by atoms with Gasteiger partial charge in [0.25, 0.3) is 0 Å². The van der Waals surface area contributed by atoms with Crippen molar-refractivity contribution in [3.63, 3.8) is 0 Å². The molecule has 3 heteroatoms. The van der Waals surface area contributed by atoms with Gasteiger partial charge in [-0.15, -0.1) is 0 Å². The van der Waals surface area contributed by atoms with Crippen molar-refractivity contribution in [2.24, 2.45) is 0 Å². The van der Waals surface area contributed by atoms with Gasteiger partial charge in [0.15, 0.2) is 0 Å². The largest absolute Gasteiger partial charge is 0.456 e. The third kappa shape index (κ3) is 12.7. The minimum atomic E-state index is -0.226. The average Bonchev–Trinajstić information content (AvgIpc) is 2.75. The number of unbranched alkanes of at least 4 members (excludes halogenated alkanes) is 12. The molecule has 0 saturated heterocycles. The van der Waals surface area contributed by atoms with Gasteiger partial charge in [-0.2, -0.15) is 0 Å². The Morgan fingerprint density at radius 1 is 0.828 bits per heavy atom. The Labute approximate surface area is 180 Å². The van der Waals surface area contributed by atoms with Gasteiger partial charge in [0.2, 0.25) is 0 Å². The molecule has 0 amide bonds. The van der Waals surface area contributed by atoms with Crippen molar-refractivity contribution in [1.82, 2.24) is 5.32 Å². The number of hydrogen-bond donors (Lipinski definition) is 1. The zero-order valence-electron chi connectivity index (χ0n) is 19.3. The lowest BCUT2D eigenvalue weighted by Crippen LogP contribution is -2.32. The first-order chi connectivity index (χ1) is 14.2. The van der Waals surface area contributed by atoms with Crippen LogP contribution in [0.4, 0.5) is 0 Å². The van der Waals surface area contributed by atoms with Gasteiger partial charge in [0, 0.05) is 12.5 Å². The summed E-state index contributed by atoms with van der Waals surface area (Å²) in [5.41, 5.74) is 1.05. The van der Waals surface area contributed by atoms with E-state index >= 15 is 0 Å². The lowest BCUT2D eigenvalue weighted by molar-refractivity contribution is -0.151. The maximum absolute atomic E-state index is 12.3. The Bertz CT molecular complexity index is 503. The standard InChI is InChI=1S/C26H45NO2/c1-4-5-6-7-8-9-10-11-12-13-14-15-19-22-25(28)29-26(23(2)27-3)24-20-17-16-18-21-24/h16-18,20-21,23,26-27H,4-15,19,22H2,1-3H3/t23-,26+/m1/s1. The highest BCUT2D eigenvalue weighted by Gasteiger charge is 2.22. The highest BCUT2D eigenvalue weighted by Crippen LogP contribution is 2.22. The normalized spacial score (nSPS) is 13.2. The Balaban J connectivity index is 2.05. The number of carbonyl (C=O) groups is 1. The Kier molecular flexibility index (Phi) is 15.5. The van der Waals surface area contributed by atoms with Crippen LogP contribution in [0.3, 0.4) is 0 Å². The van der Waals surface area contributed by atoms with E-state index in [-0.39, 0.29) is 18.1 Å². The molecule has 29 heavy (non-hydrogen) atoms. The van der Waals surface area contributed by atoms with E-state index in [1.807, 2.05) is 37.4 Å². The van der Waals surface area contributed by atoms with E-state index in [1.165, 1.54) is 70.6 Å². The number of hydrogen-bond acceptors (Lipinski definition) is 3. The van der Waals surface area contributed by atoms with Crippen molar-refractivity contribution in [1.29, 1.82) is 0 Å². The van der Waals surface area contributed by atoms with Gasteiger partial charge >= 0.3 is 5.97 Å². The molecule has 0 saturated carbocycles. The van der Waals surface area contributed by atoms with Crippen molar-refractivity contribution in [2.45, 2.75) is 116 Å². The summed E-state index contributed by atoms with van der Waals surface area (Å²) in [7, 11) is 1.90. The third-order valence-corrected chi connectivity index (χ3v) is 5.78. The van der Waals surface area contributed by atoms with Gasteiger partial charge in [-0.25, -0.2) is 0 Å². The molecule has 0 spiro atoms. The van der Waals surface area contributed by atoms with Gasteiger partial charge in [-0.3, -0.25) is 4.79 Å². The fraction of sp³-hybridized carbons (Fsp3) is 0.731. The smallest absolute Gasteiger partial charge is 0.306 e. The molecule has 3 nitrogen and oxygen atoms in total. The molecule has 0 aromatic heterocycles. The fourth-order valence-corrected chi connectivity index (χ4v) is 3.74. The van der Waals surface area contributed by atoms with Crippen LogP contribution in [0, 0.1) is 0 Å². The molecule has 0 aliphatic carbocycles. The summed E-state index contributed by atoms with van der Waals surface area (Å²) in [4.78, 5) is 12.3. The molecule has 0 unspecified atom stereocenters. The van der Waals surface area contributed by atoms with Crippen molar-refractivity contribution < 1.29 is 9.53 Å². The SMILES string of the molecule is CCCCCCCCCCCCCCCC(=O)O[C@H](c1ccccc1)[C@@H](C)NC. The summed E-state index contributed by atoms with van der Waals surface area (Å²) < 4.78 is 5.79. The Morgan fingerprint density at radius 2 is 1.31 bits per heavy atom. The van der Waals surface area contributed by atoms with Crippen LogP contribution in [-0.2, 0) is 9.53 Å². The number of nitrogens with one attached hydrogen (secondary N) is 1. The van der Waals surface area contributed by atoms with Crippen molar-refractivity contribution in [2.75, 3.05) is 7.05 Å². The highest BCUT2D eigenvalue weighted by atomic mass is 16.5. The van der Waals surface area contributed by atoms with Crippen LogP contribution in [0.2, 0.25) is 0 Å². The van der Waals surface area contributed by atoms with Gasteiger partial charge < -0.3 is 10.1 Å². The monoisotopic (exact) mass is 403 g/mol. The van der Waals surface area contributed by atoms with Crippen LogP contribution in [0.25, 0.3) is 0 Å². The maximum atomic E-state index is 12.3. The van der Waals surface area contributed by atoms with Crippen molar-refractivity contribution >= 4 is 5.97 Å². The number of benzene rings is 1. The molecule has 0 bridgehead atoms. The molecule has 0 radical (unpaired) electrons. The van der Waals surface area contributed by atoms with E-state index in [4.69, 9.17) is 4.74 Å². The van der Waals surface area contributed by atoms with Gasteiger partial charge in [-0.05, 0) is 26.0 Å². The molecule has 0 aliphatic rings. The summed E-state index contributed by atoms with van der Waals surface area (Å²) in [5, 5.41) is 3.21. The second kappa shape index (κ2) is 17.5. The van der Waals surface area contributed by atoms with E-state index in [9.17, 15) is 4.79 Å². The van der Waals surface area contributed by atoms with Crippen molar-refractivity contribution in [3.05, 3.63) is 35.9 Å². The molecule has 1 rings (SSSR count). The lowest BCUT2D eigenvalue weighted by atomic mass is 10.0. The zero-order valence-corrected chi connectivity index (χ0v) is 19.3. The molecule has 1 N–H and O–H groups in total. The molecular formula is C26H45NO2. The number of likely N-dealkylation sites (N-methyl/N-ethyl adjacent to an activating group) is 1. The first kappa shape index (κ1) is 25.7. The molecular weight excluding hydrogens is 358 g/mol. The van der Waals surface area contributed by atoms with Gasteiger partial charge in [0.05, 0.1) is 0 Å². The van der Waals surface area contributed by atoms with Gasteiger partial charge in [-0.1, -0.05) is 114 Å². The molecule has 2 atom stereocenters. The zero-order chi connectivity index (χ0) is 21.2. The molecule has 0 heterocycles. The average molecular weight is 404 g/mol. The van der Waals surface area contributed by atoms with E-state index in [2.05, 4.69) is 19.2 Å². The molecule has 166 valence electrons. The van der Waals surface area contributed by atoms with Crippen LogP contribution in [0.1, 0.15) is 115 Å². The number of ether oxygens (including phenoxy) is 1. The van der Waals surface area contributed by atoms with Crippen LogP contribution in [-0.4, -0.2) is 19.1 Å². The first-order valence-corrected chi connectivity index (χ1v) is 12.1. The lowest BCUT2D eigenvalue weighted by Gasteiger charge is -2.24. The second-order valence-corrected chi connectivity index (χ2v) is 8.39. The molecule has 0 aliphatic heterocycles. The van der Waals surface area contributed by atoms with E-state index in [0.717, 1.165) is 18.4 Å². The molecule has 0 fully saturated rings. The highest BCUT2D eigenvalue weighted by molar-refractivity contribution is 5.69. The van der Waals surface area contributed by atoms with Crippen LogP contribution in [0.15, 0.2) is 30.3 Å². The number of carbonyl (C=O) groups excluding carboxylic acids is 1. The predicted molar refractivity (Wildman–Crippen MR) is 124 cm³/mol. The summed E-state index contributed by atoms with van der Waals surface area (Å²) in [6.45, 7) is 4.32. The first-order valence-electron chi connectivity index (χ1n) is 12.1. The topological polar surface area (TPSA) is 38.3 Å². The van der Waals surface area contributed by atoms with Gasteiger partial charge in [0.1, 0.15) is 6.10 Å². The van der Waals surface area contributed by atoms with Crippen LogP contribution in [0.5, 0.6) is 0 Å². The molecule has 1 aromatic carbocycles. The van der Waals surface area contributed by atoms with Crippen LogP contribution < -0.4 is 5.32 Å². The summed E-state index contributed by atoms with van der Waals surface area (Å²) in [5.74, 6) is -0.0796. The van der Waals surface area contributed by atoms with Crippen LogP contribution >= 0.6 is 0 Å². The second-order valence-electron chi connectivity index (χ2n) is 8.39. The maximum Gasteiger partial charge on any atom is 0.306 e. The van der Waals surface area contributed by atoms with E-state index in [0.29, 0.717) is 6.42 Å². The summed E-state index contributed by atoms with van der Waals surface area (Å²) in [6, 6.07) is 10.1. The van der Waals surface area contributed by atoms with E-state index < -0.39 is 0 Å². The summed E-state index contributed by atoms with van der Waals surface area (Å²) in [6.07, 6.45) is 17.4. The third-order valence-electron chi connectivity index (χ3n) is 5.78. The molecule has 1 aromatic rings. The minimum absolute atomic E-state index is 0.0796. The number of rotatable bonds is 18. The van der Waals surface area contributed by atoms with E-state index in [1.54, 1.807) is 0 Å². The number of esters is 1. The summed E-state index contributed by atoms with van der Waals surface area (Å²) >= 11 is 0. The quantitative estimate of drug-likeness (QED) is 0.205. The minimum Gasteiger partial charge on any atom is -0.456 e. The predicted octanol–water partition coefficient (Wildman–Crippen LogP) is 7.36. The Morgan fingerprint density at radius 3 is 1.79 bits per heavy atom.